The van der Waals surface area contributed by atoms with E-state index in [1.807, 2.05) is 0 Å². The summed E-state index contributed by atoms with van der Waals surface area (Å²) >= 11 is 0. The quantitative estimate of drug-likeness (QED) is 0.484. The molecule has 0 unspecified atom stereocenters. The Hall–Kier alpha value is -0.0800. The van der Waals surface area contributed by atoms with Gasteiger partial charge in [-0.2, -0.15) is 0 Å². The van der Waals surface area contributed by atoms with Crippen LogP contribution in [0.15, 0.2) is 0 Å². The van der Waals surface area contributed by atoms with Crippen LogP contribution in [0.5, 0.6) is 0 Å². The molecule has 1 aliphatic heterocycles. The minimum absolute atomic E-state index is 0.0440. The van der Waals surface area contributed by atoms with Crippen molar-refractivity contribution in [2.75, 3.05) is 6.54 Å². The van der Waals surface area contributed by atoms with Crippen molar-refractivity contribution in [1.29, 1.82) is 0 Å². The lowest BCUT2D eigenvalue weighted by molar-refractivity contribution is 0.151. The van der Waals surface area contributed by atoms with E-state index in [9.17, 15) is 5.11 Å². The van der Waals surface area contributed by atoms with E-state index >= 15 is 0 Å². The Morgan fingerprint density at radius 2 is 2.11 bits per heavy atom. The van der Waals surface area contributed by atoms with Crippen molar-refractivity contribution >= 4 is 0 Å². The molecule has 1 aliphatic carbocycles. The lowest BCUT2D eigenvalue weighted by atomic mass is 10.0. The van der Waals surface area contributed by atoms with Gasteiger partial charge in [0.2, 0.25) is 0 Å². The van der Waals surface area contributed by atoms with Gasteiger partial charge in [-0.25, -0.2) is 0 Å². The third kappa shape index (κ3) is 0.775. The third-order valence-corrected chi connectivity index (χ3v) is 2.65. The third-order valence-electron chi connectivity index (χ3n) is 2.65. The maximum atomic E-state index is 9.34. The highest BCUT2D eigenvalue weighted by Crippen LogP contribution is 2.31. The van der Waals surface area contributed by atoms with Crippen LogP contribution < -0.4 is 5.32 Å². The van der Waals surface area contributed by atoms with Crippen molar-refractivity contribution in [3.05, 3.63) is 0 Å². The molecule has 1 saturated heterocycles. The number of hydrogen-bond acceptors (Lipinski definition) is 2. The van der Waals surface area contributed by atoms with Gasteiger partial charge in [-0.3, -0.25) is 0 Å². The lowest BCUT2D eigenvalue weighted by Crippen LogP contribution is -2.33. The maximum absolute atomic E-state index is 9.34. The summed E-state index contributed by atoms with van der Waals surface area (Å²) in [6.45, 7) is 1.12. The molecule has 0 aromatic carbocycles. The fourth-order valence-electron chi connectivity index (χ4n) is 2.12. The van der Waals surface area contributed by atoms with Crippen molar-refractivity contribution in [3.63, 3.8) is 0 Å². The summed E-state index contributed by atoms with van der Waals surface area (Å²) in [5.41, 5.74) is 0. The molecule has 0 bridgehead atoms. The van der Waals surface area contributed by atoms with Gasteiger partial charge in [-0.1, -0.05) is 0 Å². The predicted molar refractivity (Wildman–Crippen MR) is 35.1 cm³/mol. The first kappa shape index (κ1) is 5.69. The molecule has 2 nitrogen and oxygen atoms in total. The Kier molecular flexibility index (Phi) is 1.24. The van der Waals surface area contributed by atoms with E-state index in [0.29, 0.717) is 6.04 Å². The SMILES string of the molecule is O[C@H]1CC[C@@H]2CCN[C@@H]21. The zero-order valence-electron chi connectivity index (χ0n) is 5.51. The molecule has 2 N–H and O–H groups in total. The molecular formula is C7H13NO. The Morgan fingerprint density at radius 3 is 2.89 bits per heavy atom. The molecule has 1 heterocycles. The Morgan fingerprint density at radius 1 is 1.22 bits per heavy atom. The number of aliphatic hydroxyl groups excluding tert-OH is 1. The molecule has 1 saturated carbocycles. The van der Waals surface area contributed by atoms with E-state index in [-0.39, 0.29) is 6.10 Å². The van der Waals surface area contributed by atoms with Crippen molar-refractivity contribution in [1.82, 2.24) is 5.32 Å². The van der Waals surface area contributed by atoms with Crippen LogP contribution in [0.4, 0.5) is 0 Å². The molecule has 2 aliphatic rings. The highest BCUT2D eigenvalue weighted by molar-refractivity contribution is 4.94. The second kappa shape index (κ2) is 1.96. The molecule has 0 radical (unpaired) electrons. The van der Waals surface area contributed by atoms with Crippen LogP contribution in [0, 0.1) is 5.92 Å². The second-order valence-electron chi connectivity index (χ2n) is 3.17. The van der Waals surface area contributed by atoms with Gasteiger partial charge in [0.15, 0.2) is 0 Å². The summed E-state index contributed by atoms with van der Waals surface area (Å²) in [7, 11) is 0. The van der Waals surface area contributed by atoms with E-state index < -0.39 is 0 Å². The topological polar surface area (TPSA) is 32.3 Å². The number of nitrogens with one attached hydrogen (secondary N) is 1. The summed E-state index contributed by atoms with van der Waals surface area (Å²) in [6, 6.07) is 0.449. The normalized spacial score (nSPS) is 49.7. The van der Waals surface area contributed by atoms with Crippen LogP contribution in [0.2, 0.25) is 0 Å². The zero-order chi connectivity index (χ0) is 6.27. The minimum atomic E-state index is -0.0440. The van der Waals surface area contributed by atoms with Gasteiger partial charge in [0, 0.05) is 6.04 Å². The Balaban J connectivity index is 2.07. The molecule has 2 heteroatoms. The fourth-order valence-corrected chi connectivity index (χ4v) is 2.12. The molecule has 52 valence electrons. The first-order valence-electron chi connectivity index (χ1n) is 3.79. The zero-order valence-corrected chi connectivity index (χ0v) is 5.51. The van der Waals surface area contributed by atoms with Crippen LogP contribution in [-0.4, -0.2) is 23.8 Å². The molecule has 9 heavy (non-hydrogen) atoms. The standard InChI is InChI=1S/C7H13NO/c9-6-2-1-5-3-4-8-7(5)6/h5-9H,1-4H2/t5-,6+,7+/m1/s1. The molecule has 0 spiro atoms. The fraction of sp³-hybridized carbons (Fsp3) is 1.00. The second-order valence-corrected chi connectivity index (χ2v) is 3.17. The summed E-state index contributed by atoms with van der Waals surface area (Å²) in [4.78, 5) is 0. The average Bonchev–Trinajstić information content (AvgIpc) is 2.35. The summed E-state index contributed by atoms with van der Waals surface area (Å²) < 4.78 is 0. The highest BCUT2D eigenvalue weighted by Gasteiger charge is 2.37. The van der Waals surface area contributed by atoms with Gasteiger partial charge in [0.25, 0.3) is 0 Å². The van der Waals surface area contributed by atoms with E-state index in [1.54, 1.807) is 0 Å². The number of rotatable bonds is 0. The van der Waals surface area contributed by atoms with E-state index in [1.165, 1.54) is 12.8 Å². The molecule has 2 rings (SSSR count). The minimum Gasteiger partial charge on any atom is -0.391 e. The Bertz CT molecular complexity index is 115. The molecule has 3 atom stereocenters. The van der Waals surface area contributed by atoms with Crippen molar-refractivity contribution in [3.8, 4) is 0 Å². The van der Waals surface area contributed by atoms with Crippen molar-refractivity contribution in [2.45, 2.75) is 31.4 Å². The first-order chi connectivity index (χ1) is 4.38. The first-order valence-corrected chi connectivity index (χ1v) is 3.79. The molecular weight excluding hydrogens is 114 g/mol. The van der Waals surface area contributed by atoms with Crippen LogP contribution in [0.3, 0.4) is 0 Å². The Labute approximate surface area is 55.3 Å². The largest absolute Gasteiger partial charge is 0.391 e. The number of fused-ring (bicyclic) bond motifs is 1. The van der Waals surface area contributed by atoms with Crippen LogP contribution in [0.25, 0.3) is 0 Å². The van der Waals surface area contributed by atoms with Crippen molar-refractivity contribution in [2.24, 2.45) is 5.92 Å². The molecule has 2 fully saturated rings. The van der Waals surface area contributed by atoms with Crippen LogP contribution >= 0.6 is 0 Å². The van der Waals surface area contributed by atoms with Crippen LogP contribution in [0.1, 0.15) is 19.3 Å². The van der Waals surface area contributed by atoms with Gasteiger partial charge < -0.3 is 10.4 Å². The predicted octanol–water partition coefficient (Wildman–Crippen LogP) is 0.119. The molecule has 0 aromatic rings. The summed E-state index contributed by atoms with van der Waals surface area (Å²) in [5, 5.41) is 12.7. The van der Waals surface area contributed by atoms with E-state index in [4.69, 9.17) is 0 Å². The average molecular weight is 127 g/mol. The van der Waals surface area contributed by atoms with Gasteiger partial charge in [-0.15, -0.1) is 0 Å². The van der Waals surface area contributed by atoms with Gasteiger partial charge in [0.1, 0.15) is 0 Å². The molecule has 0 amide bonds. The monoisotopic (exact) mass is 127 g/mol. The van der Waals surface area contributed by atoms with Crippen LogP contribution in [-0.2, 0) is 0 Å². The lowest BCUT2D eigenvalue weighted by Gasteiger charge is -2.11. The molecule has 0 aromatic heterocycles. The van der Waals surface area contributed by atoms with E-state index in [0.717, 1.165) is 18.9 Å². The maximum Gasteiger partial charge on any atom is 0.0696 e. The summed E-state index contributed by atoms with van der Waals surface area (Å²) in [6.07, 6.45) is 3.49. The van der Waals surface area contributed by atoms with Gasteiger partial charge in [-0.05, 0) is 31.7 Å². The number of hydrogen-bond donors (Lipinski definition) is 2. The number of aliphatic hydroxyl groups is 1. The smallest absolute Gasteiger partial charge is 0.0696 e. The summed E-state index contributed by atoms with van der Waals surface area (Å²) in [5.74, 6) is 0.792. The van der Waals surface area contributed by atoms with Gasteiger partial charge >= 0.3 is 0 Å². The van der Waals surface area contributed by atoms with E-state index in [2.05, 4.69) is 5.32 Å². The highest BCUT2D eigenvalue weighted by atomic mass is 16.3. The van der Waals surface area contributed by atoms with Crippen molar-refractivity contribution < 1.29 is 5.11 Å². The van der Waals surface area contributed by atoms with Gasteiger partial charge in [0.05, 0.1) is 6.10 Å².